The molecule has 0 spiro atoms. The number of hydrogen-bond acceptors (Lipinski definition) is 0. The second kappa shape index (κ2) is 3.98. The van der Waals surface area contributed by atoms with Gasteiger partial charge in [0, 0.05) is 5.56 Å². The molecule has 0 fully saturated rings. The number of halogens is 3. The van der Waals surface area contributed by atoms with Crippen LogP contribution in [0.15, 0.2) is 18.2 Å². The fourth-order valence-electron chi connectivity index (χ4n) is 1.23. The van der Waals surface area contributed by atoms with Crippen molar-refractivity contribution in [1.82, 2.24) is 0 Å². The number of hydrogen-bond donors (Lipinski definition) is 0. The summed E-state index contributed by atoms with van der Waals surface area (Å²) in [5.41, 5.74) is 0.202. The van der Waals surface area contributed by atoms with Crippen molar-refractivity contribution in [2.75, 3.05) is 0 Å². The van der Waals surface area contributed by atoms with E-state index in [-0.39, 0.29) is 11.5 Å². The van der Waals surface area contributed by atoms with E-state index in [4.69, 9.17) is 6.42 Å². The minimum atomic E-state index is -4.34. The second-order valence-corrected chi connectivity index (χ2v) is 3.64. The largest absolute Gasteiger partial charge is 0.416 e. The fourth-order valence-corrected chi connectivity index (χ4v) is 1.23. The van der Waals surface area contributed by atoms with Gasteiger partial charge in [-0.2, -0.15) is 13.2 Å². The first-order valence-electron chi connectivity index (χ1n) is 4.53. The van der Waals surface area contributed by atoms with Crippen molar-refractivity contribution < 1.29 is 13.2 Å². The summed E-state index contributed by atoms with van der Waals surface area (Å²) < 4.78 is 37.4. The summed E-state index contributed by atoms with van der Waals surface area (Å²) in [5, 5.41) is 0. The average Bonchev–Trinajstić information content (AvgIpc) is 2.15. The van der Waals surface area contributed by atoms with Gasteiger partial charge in [0.05, 0.1) is 5.56 Å². The quantitative estimate of drug-likeness (QED) is 0.621. The molecule has 0 N–H and O–H groups in total. The van der Waals surface area contributed by atoms with E-state index in [0.29, 0.717) is 5.56 Å². The Morgan fingerprint density at radius 2 is 1.80 bits per heavy atom. The lowest BCUT2D eigenvalue weighted by molar-refractivity contribution is -0.137. The maximum absolute atomic E-state index is 12.5. The molecule has 0 amide bonds. The van der Waals surface area contributed by atoms with Crippen molar-refractivity contribution in [3.05, 3.63) is 34.9 Å². The lowest BCUT2D eigenvalue weighted by Crippen LogP contribution is -2.06. The highest BCUT2D eigenvalue weighted by molar-refractivity contribution is 5.41. The Bertz CT molecular complexity index is 394. The summed E-state index contributed by atoms with van der Waals surface area (Å²) >= 11 is 0. The number of alkyl halides is 3. The zero-order valence-electron chi connectivity index (χ0n) is 8.52. The molecule has 0 aliphatic rings. The van der Waals surface area contributed by atoms with Gasteiger partial charge in [0.2, 0.25) is 0 Å². The van der Waals surface area contributed by atoms with Crippen LogP contribution in [-0.4, -0.2) is 0 Å². The van der Waals surface area contributed by atoms with Gasteiger partial charge in [-0.3, -0.25) is 0 Å². The van der Waals surface area contributed by atoms with Gasteiger partial charge in [0.25, 0.3) is 0 Å². The highest BCUT2D eigenvalue weighted by atomic mass is 19.4. The summed E-state index contributed by atoms with van der Waals surface area (Å²) in [5.74, 6) is 2.26. The van der Waals surface area contributed by atoms with Crippen LogP contribution in [0.2, 0.25) is 0 Å². The minimum Gasteiger partial charge on any atom is -0.166 e. The molecule has 0 radical (unpaired) electrons. The monoisotopic (exact) mass is 212 g/mol. The highest BCUT2D eigenvalue weighted by Gasteiger charge is 2.31. The molecule has 0 unspecified atom stereocenters. The molecule has 3 heteroatoms. The van der Waals surface area contributed by atoms with Gasteiger partial charge in [0.15, 0.2) is 0 Å². The topological polar surface area (TPSA) is 0 Å². The van der Waals surface area contributed by atoms with E-state index in [1.54, 1.807) is 6.07 Å². The smallest absolute Gasteiger partial charge is 0.166 e. The van der Waals surface area contributed by atoms with Gasteiger partial charge in [-0.05, 0) is 29.7 Å². The van der Waals surface area contributed by atoms with Gasteiger partial charge in [-0.1, -0.05) is 19.8 Å². The third-order valence-electron chi connectivity index (χ3n) is 2.12. The van der Waals surface area contributed by atoms with Crippen molar-refractivity contribution >= 4 is 0 Å². The van der Waals surface area contributed by atoms with Crippen LogP contribution in [0.1, 0.15) is 36.5 Å². The first-order chi connectivity index (χ1) is 6.84. The zero-order chi connectivity index (χ0) is 11.6. The van der Waals surface area contributed by atoms with Crippen LogP contribution in [0.25, 0.3) is 0 Å². The standard InChI is InChI=1S/C12H11F3/c1-4-9-5-10(8(2)3)7-11(6-9)12(13,14)15/h1,5-8H,2-3H3. The maximum Gasteiger partial charge on any atom is 0.416 e. The molecule has 0 nitrogen and oxygen atoms in total. The van der Waals surface area contributed by atoms with Gasteiger partial charge in [-0.15, -0.1) is 6.42 Å². The molecule has 0 aliphatic heterocycles. The summed E-state index contributed by atoms with van der Waals surface area (Å²) in [6.45, 7) is 3.66. The lowest BCUT2D eigenvalue weighted by Gasteiger charge is -2.12. The molecule has 0 saturated heterocycles. The van der Waals surface area contributed by atoms with Crippen LogP contribution in [0.4, 0.5) is 13.2 Å². The molecule has 0 aromatic heterocycles. The molecule has 1 aromatic carbocycles. The highest BCUT2D eigenvalue weighted by Crippen LogP contribution is 2.32. The number of rotatable bonds is 1. The molecule has 1 aromatic rings. The Labute approximate surface area is 87.1 Å². The molecule has 15 heavy (non-hydrogen) atoms. The third kappa shape index (κ3) is 2.76. The van der Waals surface area contributed by atoms with Crippen molar-refractivity contribution in [3.8, 4) is 12.3 Å². The molecule has 0 heterocycles. The normalized spacial score (nSPS) is 11.5. The maximum atomic E-state index is 12.5. The molecule has 0 aliphatic carbocycles. The molecule has 80 valence electrons. The second-order valence-electron chi connectivity index (χ2n) is 3.64. The first-order valence-corrected chi connectivity index (χ1v) is 4.53. The van der Waals surface area contributed by atoms with Crippen molar-refractivity contribution in [2.24, 2.45) is 0 Å². The van der Waals surface area contributed by atoms with Crippen molar-refractivity contribution in [1.29, 1.82) is 0 Å². The number of terminal acetylenes is 1. The van der Waals surface area contributed by atoms with E-state index in [0.717, 1.165) is 12.1 Å². The van der Waals surface area contributed by atoms with E-state index >= 15 is 0 Å². The van der Waals surface area contributed by atoms with Gasteiger partial charge in [0.1, 0.15) is 0 Å². The predicted molar refractivity (Wildman–Crippen MR) is 53.5 cm³/mol. The van der Waals surface area contributed by atoms with Gasteiger partial charge >= 0.3 is 6.18 Å². The lowest BCUT2D eigenvalue weighted by atomic mass is 9.98. The SMILES string of the molecule is C#Cc1cc(C(C)C)cc(C(F)(F)F)c1. The Morgan fingerprint density at radius 3 is 2.20 bits per heavy atom. The van der Waals surface area contributed by atoms with E-state index in [2.05, 4.69) is 5.92 Å². The van der Waals surface area contributed by atoms with Crippen molar-refractivity contribution in [2.45, 2.75) is 25.9 Å². The van der Waals surface area contributed by atoms with Gasteiger partial charge in [-0.25, -0.2) is 0 Å². The fraction of sp³-hybridized carbons (Fsp3) is 0.333. The minimum absolute atomic E-state index is 0.0272. The van der Waals surface area contributed by atoms with Crippen molar-refractivity contribution in [3.63, 3.8) is 0 Å². The zero-order valence-corrected chi connectivity index (χ0v) is 8.52. The van der Waals surface area contributed by atoms with Crippen LogP contribution < -0.4 is 0 Å². The summed E-state index contributed by atoms with van der Waals surface area (Å²) in [6, 6.07) is 3.75. The average molecular weight is 212 g/mol. The Balaban J connectivity index is 3.32. The molecular weight excluding hydrogens is 201 g/mol. The Hall–Kier alpha value is -1.43. The molecular formula is C12H11F3. The summed E-state index contributed by atoms with van der Waals surface area (Å²) in [4.78, 5) is 0. The Kier molecular flexibility index (Phi) is 3.09. The molecule has 0 saturated carbocycles. The summed E-state index contributed by atoms with van der Waals surface area (Å²) in [6.07, 6.45) is 0.777. The van der Waals surface area contributed by atoms with Gasteiger partial charge < -0.3 is 0 Å². The predicted octanol–water partition coefficient (Wildman–Crippen LogP) is 3.81. The summed E-state index contributed by atoms with van der Waals surface area (Å²) in [7, 11) is 0. The third-order valence-corrected chi connectivity index (χ3v) is 2.12. The van der Waals surface area contributed by atoms with E-state index in [9.17, 15) is 13.2 Å². The first kappa shape index (κ1) is 11.6. The Morgan fingerprint density at radius 1 is 1.20 bits per heavy atom. The van der Waals surface area contributed by atoms with Crippen LogP contribution in [0.3, 0.4) is 0 Å². The molecule has 0 atom stereocenters. The van der Waals surface area contributed by atoms with Crippen LogP contribution >= 0.6 is 0 Å². The van der Waals surface area contributed by atoms with Crippen LogP contribution in [-0.2, 0) is 6.18 Å². The van der Waals surface area contributed by atoms with Crippen LogP contribution in [0, 0.1) is 12.3 Å². The molecule has 0 bridgehead atoms. The van der Waals surface area contributed by atoms with E-state index < -0.39 is 11.7 Å². The molecule has 1 rings (SSSR count). The number of benzene rings is 1. The van der Waals surface area contributed by atoms with Crippen LogP contribution in [0.5, 0.6) is 0 Å². The van der Waals surface area contributed by atoms with E-state index in [1.807, 2.05) is 13.8 Å². The van der Waals surface area contributed by atoms with E-state index in [1.165, 1.54) is 0 Å².